The van der Waals surface area contributed by atoms with Gasteiger partial charge in [-0.1, -0.05) is 23.2 Å². The van der Waals surface area contributed by atoms with Crippen LogP contribution in [0.15, 0.2) is 17.0 Å². The second-order valence-electron chi connectivity index (χ2n) is 3.86. The summed E-state index contributed by atoms with van der Waals surface area (Å²) < 4.78 is 33.0. The average Bonchev–Trinajstić information content (AvgIpc) is 2.29. The fourth-order valence-corrected chi connectivity index (χ4v) is 3.13. The Hall–Kier alpha value is -0.200. The molecule has 0 bridgehead atoms. The maximum atomic E-state index is 11.2. The van der Waals surface area contributed by atoms with Gasteiger partial charge in [0.2, 0.25) is 0 Å². The van der Waals surface area contributed by atoms with Crippen molar-refractivity contribution in [3.05, 3.63) is 22.2 Å². The van der Waals surface area contributed by atoms with Gasteiger partial charge < -0.3 is 9.47 Å². The molecule has 1 rings (SSSR count). The second-order valence-corrected chi connectivity index (χ2v) is 7.21. The third-order valence-electron chi connectivity index (χ3n) is 2.31. The first-order valence-electron chi connectivity index (χ1n) is 5.35. The molecule has 19 heavy (non-hydrogen) atoms. The molecule has 0 saturated carbocycles. The van der Waals surface area contributed by atoms with E-state index in [2.05, 4.69) is 0 Å². The van der Waals surface area contributed by atoms with Crippen molar-refractivity contribution < 1.29 is 17.9 Å². The normalized spacial score (nSPS) is 13.3. The lowest BCUT2D eigenvalue weighted by atomic mass is 10.3. The van der Waals surface area contributed by atoms with E-state index in [1.807, 2.05) is 6.92 Å². The smallest absolute Gasteiger partial charge is 0.262 e. The summed E-state index contributed by atoms with van der Waals surface area (Å²) in [6, 6.07) is 2.51. The quantitative estimate of drug-likeness (QED) is 0.736. The van der Waals surface area contributed by atoms with Crippen molar-refractivity contribution in [2.75, 3.05) is 13.7 Å². The van der Waals surface area contributed by atoms with E-state index in [-0.39, 0.29) is 21.0 Å². The molecule has 0 N–H and O–H groups in total. The van der Waals surface area contributed by atoms with Crippen LogP contribution in [0.25, 0.3) is 0 Å². The van der Waals surface area contributed by atoms with Crippen molar-refractivity contribution in [3.63, 3.8) is 0 Å². The van der Waals surface area contributed by atoms with Gasteiger partial charge in [-0.3, -0.25) is 0 Å². The molecule has 0 radical (unpaired) electrons. The summed E-state index contributed by atoms with van der Waals surface area (Å²) in [5.41, 5.74) is 0. The summed E-state index contributed by atoms with van der Waals surface area (Å²) in [6.07, 6.45) is 0.520. The summed E-state index contributed by atoms with van der Waals surface area (Å²) in [5.74, 6) is 0.305. The van der Waals surface area contributed by atoms with E-state index < -0.39 is 9.05 Å². The van der Waals surface area contributed by atoms with Crippen molar-refractivity contribution in [2.24, 2.45) is 0 Å². The fourth-order valence-electron chi connectivity index (χ4n) is 1.35. The van der Waals surface area contributed by atoms with E-state index in [4.69, 9.17) is 43.4 Å². The Morgan fingerprint density at radius 3 is 2.42 bits per heavy atom. The van der Waals surface area contributed by atoms with E-state index in [1.54, 1.807) is 7.11 Å². The third kappa shape index (κ3) is 5.00. The van der Waals surface area contributed by atoms with Gasteiger partial charge in [0.05, 0.1) is 16.1 Å². The summed E-state index contributed by atoms with van der Waals surface area (Å²) >= 11 is 11.8. The summed E-state index contributed by atoms with van der Waals surface area (Å²) in [7, 11) is 2.89. The van der Waals surface area contributed by atoms with Crippen LogP contribution in [0.2, 0.25) is 10.0 Å². The predicted octanol–water partition coefficient (Wildman–Crippen LogP) is 3.72. The Morgan fingerprint density at radius 2 is 1.89 bits per heavy atom. The molecule has 0 spiro atoms. The van der Waals surface area contributed by atoms with Gasteiger partial charge in [0.15, 0.2) is 0 Å². The van der Waals surface area contributed by atoms with E-state index in [9.17, 15) is 8.42 Å². The van der Waals surface area contributed by atoms with Gasteiger partial charge in [0, 0.05) is 36.9 Å². The maximum absolute atomic E-state index is 11.2. The van der Waals surface area contributed by atoms with Crippen LogP contribution in [0, 0.1) is 0 Å². The molecule has 0 aliphatic rings. The molecule has 108 valence electrons. The number of methoxy groups -OCH3 is 1. The molecule has 0 aliphatic heterocycles. The Kier molecular flexibility index (Phi) is 6.20. The van der Waals surface area contributed by atoms with Gasteiger partial charge in [0.1, 0.15) is 10.6 Å². The molecule has 1 aromatic rings. The standard InChI is InChI=1S/C11H13Cl3O4S/c1-7(3-4-17-2)18-10-5-9(13)11(6-8(10)12)19(14,15)16/h5-7H,3-4H2,1-2H3. The first-order valence-corrected chi connectivity index (χ1v) is 8.41. The summed E-state index contributed by atoms with van der Waals surface area (Å²) in [4.78, 5) is -0.238. The predicted molar refractivity (Wildman–Crippen MR) is 76.1 cm³/mol. The van der Waals surface area contributed by atoms with Crippen LogP contribution in [0.5, 0.6) is 5.75 Å². The third-order valence-corrected chi connectivity index (χ3v) is 4.39. The second kappa shape index (κ2) is 6.99. The van der Waals surface area contributed by atoms with Gasteiger partial charge in [-0.15, -0.1) is 0 Å². The van der Waals surface area contributed by atoms with Gasteiger partial charge in [0.25, 0.3) is 9.05 Å². The molecule has 0 fully saturated rings. The Morgan fingerprint density at radius 1 is 1.26 bits per heavy atom. The fraction of sp³-hybridized carbons (Fsp3) is 0.455. The Labute approximate surface area is 127 Å². The number of halogens is 3. The van der Waals surface area contributed by atoms with Gasteiger partial charge in [-0.25, -0.2) is 8.42 Å². The molecule has 1 unspecified atom stereocenters. The SMILES string of the molecule is COCCC(C)Oc1cc(Cl)c(S(=O)(=O)Cl)cc1Cl. The molecule has 1 aromatic carbocycles. The summed E-state index contributed by atoms with van der Waals surface area (Å²) in [5, 5.41) is 0.0984. The van der Waals surface area contributed by atoms with Crippen LogP contribution in [0.3, 0.4) is 0 Å². The zero-order valence-electron chi connectivity index (χ0n) is 10.3. The monoisotopic (exact) mass is 346 g/mol. The minimum atomic E-state index is -3.94. The molecule has 1 atom stereocenters. The van der Waals surface area contributed by atoms with Crippen LogP contribution in [-0.2, 0) is 13.8 Å². The lowest BCUT2D eigenvalue weighted by molar-refractivity contribution is 0.135. The van der Waals surface area contributed by atoms with Crippen LogP contribution in [0.1, 0.15) is 13.3 Å². The molecular weight excluding hydrogens is 335 g/mol. The lowest BCUT2D eigenvalue weighted by Gasteiger charge is -2.16. The topological polar surface area (TPSA) is 52.6 Å². The number of hydrogen-bond acceptors (Lipinski definition) is 4. The molecular formula is C11H13Cl3O4S. The van der Waals surface area contributed by atoms with Gasteiger partial charge in [-0.2, -0.15) is 0 Å². The molecule has 0 saturated heterocycles. The minimum absolute atomic E-state index is 0.0339. The minimum Gasteiger partial charge on any atom is -0.489 e. The van der Waals surface area contributed by atoms with Crippen LogP contribution in [0.4, 0.5) is 0 Å². The number of rotatable bonds is 6. The Balaban J connectivity index is 2.97. The van der Waals surface area contributed by atoms with Gasteiger partial charge in [-0.05, 0) is 13.0 Å². The zero-order chi connectivity index (χ0) is 14.6. The number of hydrogen-bond donors (Lipinski definition) is 0. The number of benzene rings is 1. The first kappa shape index (κ1) is 16.9. The molecule has 0 amide bonds. The highest BCUT2D eigenvalue weighted by Gasteiger charge is 2.19. The van der Waals surface area contributed by atoms with Crippen LogP contribution < -0.4 is 4.74 Å². The Bertz CT molecular complexity index is 545. The molecule has 0 aliphatic carbocycles. The van der Waals surface area contributed by atoms with Crippen LogP contribution in [-0.4, -0.2) is 28.2 Å². The highest BCUT2D eigenvalue weighted by Crippen LogP contribution is 2.35. The van der Waals surface area contributed by atoms with Crippen molar-refractivity contribution in [2.45, 2.75) is 24.3 Å². The maximum Gasteiger partial charge on any atom is 0.262 e. The molecule has 8 heteroatoms. The van der Waals surface area contributed by atoms with E-state index in [0.29, 0.717) is 18.8 Å². The summed E-state index contributed by atoms with van der Waals surface area (Å²) in [6.45, 7) is 2.39. The van der Waals surface area contributed by atoms with Crippen molar-refractivity contribution in [1.29, 1.82) is 0 Å². The highest BCUT2D eigenvalue weighted by atomic mass is 35.7. The average molecular weight is 348 g/mol. The van der Waals surface area contributed by atoms with Crippen molar-refractivity contribution in [1.82, 2.24) is 0 Å². The van der Waals surface area contributed by atoms with E-state index in [1.165, 1.54) is 12.1 Å². The zero-order valence-corrected chi connectivity index (χ0v) is 13.4. The van der Waals surface area contributed by atoms with E-state index in [0.717, 1.165) is 0 Å². The first-order chi connectivity index (χ1) is 8.75. The highest BCUT2D eigenvalue weighted by molar-refractivity contribution is 8.13. The molecule has 4 nitrogen and oxygen atoms in total. The van der Waals surface area contributed by atoms with E-state index >= 15 is 0 Å². The van der Waals surface area contributed by atoms with Crippen LogP contribution >= 0.6 is 33.9 Å². The number of ether oxygens (including phenoxy) is 2. The molecule has 0 aromatic heterocycles. The van der Waals surface area contributed by atoms with Crippen molar-refractivity contribution >= 4 is 42.9 Å². The van der Waals surface area contributed by atoms with Crippen molar-refractivity contribution in [3.8, 4) is 5.75 Å². The largest absolute Gasteiger partial charge is 0.489 e. The lowest BCUT2D eigenvalue weighted by Crippen LogP contribution is -2.14. The van der Waals surface area contributed by atoms with Gasteiger partial charge >= 0.3 is 0 Å². The molecule has 0 heterocycles.